The number of carbonyl (C=O) groups excluding carboxylic acids is 4. The van der Waals surface area contributed by atoms with Gasteiger partial charge < -0.3 is 10.1 Å². The number of rotatable bonds is 5. The van der Waals surface area contributed by atoms with Crippen molar-refractivity contribution in [2.45, 2.75) is 23.6 Å². The summed E-state index contributed by atoms with van der Waals surface area (Å²) >= 11 is 24.3. The SMILES string of the molecule is O=C(COC(=O)c1ccc(N2C(=O)[C@H]3C[C@@H](Cl)[C@@H](Cl)C[C@H]3C2=O)cc1)Nc1cccc(Cl)c1Cl. The van der Waals surface area contributed by atoms with Gasteiger partial charge in [0.25, 0.3) is 5.91 Å². The standard InChI is InChI=1S/C23H18Cl4N2O5/c24-15-2-1-3-18(20(15)27)28-19(30)10-34-23(33)11-4-6-12(7-5-11)29-21(31)13-8-16(25)17(26)9-14(13)22(29)32/h1-7,13-14,16-17H,8-10H2,(H,28,30)/t13-,14+,16+,17-. The Balaban J connectivity index is 1.37. The molecule has 2 aromatic carbocycles. The van der Waals surface area contributed by atoms with E-state index in [0.717, 1.165) is 4.90 Å². The van der Waals surface area contributed by atoms with E-state index in [9.17, 15) is 19.2 Å². The first-order valence-corrected chi connectivity index (χ1v) is 12.0. The van der Waals surface area contributed by atoms with Crippen LogP contribution in [-0.2, 0) is 19.1 Å². The van der Waals surface area contributed by atoms with Crippen LogP contribution >= 0.6 is 46.4 Å². The van der Waals surface area contributed by atoms with Gasteiger partial charge in [0.1, 0.15) is 0 Å². The molecule has 0 radical (unpaired) electrons. The molecule has 2 fully saturated rings. The van der Waals surface area contributed by atoms with Crippen molar-refractivity contribution in [2.24, 2.45) is 11.8 Å². The van der Waals surface area contributed by atoms with Crippen LogP contribution in [0.15, 0.2) is 42.5 Å². The number of esters is 1. The van der Waals surface area contributed by atoms with E-state index in [4.69, 9.17) is 51.1 Å². The maximum Gasteiger partial charge on any atom is 0.338 e. The molecule has 34 heavy (non-hydrogen) atoms. The van der Waals surface area contributed by atoms with Crippen LogP contribution in [0.25, 0.3) is 0 Å². The Kier molecular flexibility index (Phi) is 7.38. The van der Waals surface area contributed by atoms with E-state index in [-0.39, 0.29) is 38.2 Å². The van der Waals surface area contributed by atoms with E-state index >= 15 is 0 Å². The predicted octanol–water partition coefficient (Wildman–Crippen LogP) is 4.90. The number of anilines is 2. The van der Waals surface area contributed by atoms with Crippen LogP contribution in [0.2, 0.25) is 10.0 Å². The highest BCUT2D eigenvalue weighted by atomic mass is 35.5. The molecule has 1 aliphatic carbocycles. The van der Waals surface area contributed by atoms with E-state index in [2.05, 4.69) is 5.32 Å². The lowest BCUT2D eigenvalue weighted by atomic mass is 9.80. The van der Waals surface area contributed by atoms with Gasteiger partial charge in [0.2, 0.25) is 11.8 Å². The summed E-state index contributed by atoms with van der Waals surface area (Å²) < 4.78 is 5.04. The van der Waals surface area contributed by atoms with Gasteiger partial charge >= 0.3 is 5.97 Å². The van der Waals surface area contributed by atoms with Crippen LogP contribution in [0.5, 0.6) is 0 Å². The highest BCUT2D eigenvalue weighted by molar-refractivity contribution is 6.44. The first-order chi connectivity index (χ1) is 16.2. The molecule has 3 amide bonds. The first-order valence-electron chi connectivity index (χ1n) is 10.3. The normalized spacial score (nSPS) is 24.1. The zero-order valence-corrected chi connectivity index (χ0v) is 20.5. The van der Waals surface area contributed by atoms with Crippen molar-refractivity contribution in [2.75, 3.05) is 16.8 Å². The lowest BCUT2D eigenvalue weighted by Crippen LogP contribution is -2.34. The summed E-state index contributed by atoms with van der Waals surface area (Å²) in [6, 6.07) is 10.5. The molecule has 2 aliphatic rings. The van der Waals surface area contributed by atoms with Crippen molar-refractivity contribution in [3.8, 4) is 0 Å². The van der Waals surface area contributed by atoms with E-state index < -0.39 is 30.3 Å². The molecule has 1 N–H and O–H groups in total. The molecule has 4 atom stereocenters. The van der Waals surface area contributed by atoms with Gasteiger partial charge in [0.05, 0.1) is 49.6 Å². The van der Waals surface area contributed by atoms with Gasteiger partial charge in [0, 0.05) is 0 Å². The molecule has 7 nitrogen and oxygen atoms in total. The van der Waals surface area contributed by atoms with E-state index in [1.807, 2.05) is 0 Å². The molecule has 0 spiro atoms. The number of fused-ring (bicyclic) bond motifs is 1. The molecule has 1 saturated carbocycles. The van der Waals surface area contributed by atoms with Gasteiger partial charge in [-0.15, -0.1) is 23.2 Å². The number of hydrogen-bond acceptors (Lipinski definition) is 5. The monoisotopic (exact) mass is 542 g/mol. The molecule has 0 bridgehead atoms. The quantitative estimate of drug-likeness (QED) is 0.329. The summed E-state index contributed by atoms with van der Waals surface area (Å²) in [4.78, 5) is 51.2. The number of ether oxygens (including phenoxy) is 1. The fourth-order valence-corrected chi connectivity index (χ4v) is 5.03. The van der Waals surface area contributed by atoms with Crippen LogP contribution in [0.4, 0.5) is 11.4 Å². The fourth-order valence-electron chi connectivity index (χ4n) is 4.10. The first kappa shape index (κ1) is 24.8. The summed E-state index contributed by atoms with van der Waals surface area (Å²) in [5.41, 5.74) is 0.781. The molecule has 1 aliphatic heterocycles. The van der Waals surface area contributed by atoms with Crippen molar-refractivity contribution in [1.82, 2.24) is 0 Å². The maximum atomic E-state index is 12.8. The summed E-state index contributed by atoms with van der Waals surface area (Å²) in [6.45, 7) is -0.547. The van der Waals surface area contributed by atoms with Crippen molar-refractivity contribution >= 4 is 81.5 Å². The molecular weight excluding hydrogens is 526 g/mol. The minimum absolute atomic E-state index is 0.149. The van der Waals surface area contributed by atoms with E-state index in [0.29, 0.717) is 24.2 Å². The van der Waals surface area contributed by atoms with E-state index in [1.54, 1.807) is 18.2 Å². The molecule has 4 rings (SSSR count). The number of alkyl halides is 2. The number of carbonyl (C=O) groups is 4. The summed E-state index contributed by atoms with van der Waals surface area (Å²) in [7, 11) is 0. The molecule has 1 heterocycles. The number of amides is 3. The van der Waals surface area contributed by atoms with Crippen LogP contribution in [0, 0.1) is 11.8 Å². The highest BCUT2D eigenvalue weighted by Crippen LogP contribution is 2.43. The Hall–Kier alpha value is -2.32. The number of hydrogen-bond donors (Lipinski definition) is 1. The second-order valence-corrected chi connectivity index (χ2v) is 9.91. The largest absolute Gasteiger partial charge is 0.452 e. The highest BCUT2D eigenvalue weighted by Gasteiger charge is 2.52. The average Bonchev–Trinajstić information content (AvgIpc) is 3.05. The Morgan fingerprint density at radius 1 is 0.941 bits per heavy atom. The Morgan fingerprint density at radius 2 is 1.53 bits per heavy atom. The molecule has 0 aromatic heterocycles. The van der Waals surface area contributed by atoms with Gasteiger partial charge in [-0.2, -0.15) is 0 Å². The number of benzene rings is 2. The van der Waals surface area contributed by atoms with Gasteiger partial charge in [-0.05, 0) is 49.2 Å². The third-order valence-corrected chi connectivity index (χ3v) is 7.75. The summed E-state index contributed by atoms with van der Waals surface area (Å²) in [5.74, 6) is -2.99. The van der Waals surface area contributed by atoms with Crippen LogP contribution in [-0.4, -0.2) is 41.1 Å². The van der Waals surface area contributed by atoms with Crippen molar-refractivity contribution in [3.05, 3.63) is 58.1 Å². The third-order valence-electron chi connectivity index (χ3n) is 5.83. The maximum absolute atomic E-state index is 12.8. The topological polar surface area (TPSA) is 92.8 Å². The molecule has 1 saturated heterocycles. The molecule has 178 valence electrons. The van der Waals surface area contributed by atoms with Crippen LogP contribution in [0.3, 0.4) is 0 Å². The number of halogens is 4. The summed E-state index contributed by atoms with van der Waals surface area (Å²) in [6.07, 6.45) is 0.683. The molecule has 2 aromatic rings. The van der Waals surface area contributed by atoms with Gasteiger partial charge in [-0.25, -0.2) is 4.79 Å². The second kappa shape index (κ2) is 10.1. The minimum atomic E-state index is -0.749. The van der Waals surface area contributed by atoms with Gasteiger partial charge in [0.15, 0.2) is 6.61 Å². The average molecular weight is 544 g/mol. The fraction of sp³-hybridized carbons (Fsp3) is 0.304. The van der Waals surface area contributed by atoms with Crippen molar-refractivity contribution in [1.29, 1.82) is 0 Å². The Labute approximate surface area is 215 Å². The van der Waals surface area contributed by atoms with Crippen molar-refractivity contribution in [3.63, 3.8) is 0 Å². The molecule has 11 heteroatoms. The number of nitrogens with one attached hydrogen (secondary N) is 1. The van der Waals surface area contributed by atoms with Crippen LogP contribution < -0.4 is 10.2 Å². The number of nitrogens with zero attached hydrogens (tertiary/aromatic N) is 1. The second-order valence-electron chi connectivity index (χ2n) is 8.00. The zero-order valence-electron chi connectivity index (χ0n) is 17.5. The predicted molar refractivity (Wildman–Crippen MR) is 130 cm³/mol. The van der Waals surface area contributed by atoms with Gasteiger partial charge in [-0.3, -0.25) is 19.3 Å². The lowest BCUT2D eigenvalue weighted by Gasteiger charge is -2.28. The Bertz CT molecular complexity index is 1130. The van der Waals surface area contributed by atoms with E-state index in [1.165, 1.54) is 24.3 Å². The summed E-state index contributed by atoms with van der Waals surface area (Å²) in [5, 5.41) is 2.22. The minimum Gasteiger partial charge on any atom is -0.452 e. The number of imide groups is 1. The zero-order chi connectivity index (χ0) is 24.6. The van der Waals surface area contributed by atoms with Crippen LogP contribution in [0.1, 0.15) is 23.2 Å². The molecule has 0 unspecified atom stereocenters. The Morgan fingerprint density at radius 3 is 2.12 bits per heavy atom. The lowest BCUT2D eigenvalue weighted by molar-refractivity contribution is -0.122. The smallest absolute Gasteiger partial charge is 0.338 e. The molecular formula is C23H18Cl4N2O5. The van der Waals surface area contributed by atoms with Gasteiger partial charge in [-0.1, -0.05) is 29.3 Å². The van der Waals surface area contributed by atoms with Crippen molar-refractivity contribution < 1.29 is 23.9 Å². The third kappa shape index (κ3) is 4.89.